The van der Waals surface area contributed by atoms with E-state index in [1.807, 2.05) is 0 Å². The van der Waals surface area contributed by atoms with Gasteiger partial charge in [-0.3, -0.25) is 0 Å². The van der Waals surface area contributed by atoms with Crippen LogP contribution in [0.4, 0.5) is 0 Å². The van der Waals surface area contributed by atoms with Gasteiger partial charge in [-0.2, -0.15) is 0 Å². The molecule has 0 aromatic heterocycles. The van der Waals surface area contributed by atoms with E-state index in [0.717, 1.165) is 37.2 Å². The highest BCUT2D eigenvalue weighted by Crippen LogP contribution is 2.66. The number of carbonyl (C=O) groups excluding carboxylic acids is 1. The predicted molar refractivity (Wildman–Crippen MR) is 80.7 cm³/mol. The van der Waals surface area contributed by atoms with Crippen LogP contribution in [0.15, 0.2) is 0 Å². The summed E-state index contributed by atoms with van der Waals surface area (Å²) in [6.45, 7) is 10.8. The van der Waals surface area contributed by atoms with E-state index in [1.165, 1.54) is 12.8 Å². The Hall–Kier alpha value is -0.610. The highest BCUT2D eigenvalue weighted by Gasteiger charge is 2.63. The van der Waals surface area contributed by atoms with Crippen molar-refractivity contribution >= 4 is 5.97 Å². The van der Waals surface area contributed by atoms with Crippen molar-refractivity contribution in [2.24, 2.45) is 16.7 Å². The molecule has 4 heteroatoms. The van der Waals surface area contributed by atoms with Crippen LogP contribution in [-0.2, 0) is 14.3 Å². The first kappa shape index (κ1) is 15.3. The number of hydrogen-bond acceptors (Lipinski definition) is 3. The molecule has 0 aromatic carbocycles. The lowest BCUT2D eigenvalue weighted by atomic mass is 9.70. The second-order valence-electron chi connectivity index (χ2n) is 8.43. The van der Waals surface area contributed by atoms with Gasteiger partial charge < -0.3 is 14.0 Å². The zero-order chi connectivity index (χ0) is 15.3. The maximum absolute atomic E-state index is 12.4. The first-order valence-electron chi connectivity index (χ1n) is 8.38. The van der Waals surface area contributed by atoms with Crippen LogP contribution in [-0.4, -0.2) is 56.5 Å². The van der Waals surface area contributed by atoms with Gasteiger partial charge in [0.05, 0.1) is 20.3 Å². The van der Waals surface area contributed by atoms with Gasteiger partial charge in [0.25, 0.3) is 0 Å². The van der Waals surface area contributed by atoms with Crippen molar-refractivity contribution in [1.82, 2.24) is 0 Å². The van der Waals surface area contributed by atoms with Gasteiger partial charge in [0, 0.05) is 5.41 Å². The average Bonchev–Trinajstić information content (AvgIpc) is 2.72. The summed E-state index contributed by atoms with van der Waals surface area (Å²) in [5, 5.41) is 0. The summed E-state index contributed by atoms with van der Waals surface area (Å²) in [5.74, 6) is 0.697. The van der Waals surface area contributed by atoms with E-state index in [4.69, 9.17) is 9.47 Å². The SMILES string of the molecule is CC1(C)[C@@H]2CC[C@]1(C)[C@@H](OC(=O)C[N+]1(C)CCOCC1)C2. The summed E-state index contributed by atoms with van der Waals surface area (Å²) in [4.78, 5) is 12.4. The summed E-state index contributed by atoms with van der Waals surface area (Å²) in [5.41, 5.74) is 0.465. The van der Waals surface area contributed by atoms with Gasteiger partial charge in [0.2, 0.25) is 0 Å². The Labute approximate surface area is 128 Å². The molecule has 0 spiro atoms. The molecule has 21 heavy (non-hydrogen) atoms. The van der Waals surface area contributed by atoms with E-state index in [2.05, 4.69) is 27.8 Å². The molecule has 120 valence electrons. The molecule has 0 radical (unpaired) electrons. The summed E-state index contributed by atoms with van der Waals surface area (Å²) in [6, 6.07) is 0. The third-order valence-corrected chi connectivity index (χ3v) is 7.05. The van der Waals surface area contributed by atoms with Gasteiger partial charge in [0.1, 0.15) is 19.2 Å². The molecular weight excluding hydrogens is 266 g/mol. The molecule has 0 aromatic rings. The summed E-state index contributed by atoms with van der Waals surface area (Å²) in [6.07, 6.45) is 3.67. The van der Waals surface area contributed by atoms with Crippen LogP contribution < -0.4 is 0 Å². The van der Waals surface area contributed by atoms with Gasteiger partial charge in [-0.05, 0) is 30.6 Å². The number of carbonyl (C=O) groups is 1. The first-order valence-corrected chi connectivity index (χ1v) is 8.38. The molecule has 0 unspecified atom stereocenters. The Bertz CT molecular complexity index is 428. The first-order chi connectivity index (χ1) is 9.77. The smallest absolute Gasteiger partial charge is 0.362 e. The molecule has 4 nitrogen and oxygen atoms in total. The zero-order valence-electron chi connectivity index (χ0n) is 14.0. The Kier molecular flexibility index (Phi) is 3.61. The topological polar surface area (TPSA) is 35.5 Å². The minimum absolute atomic E-state index is 0.0195. The van der Waals surface area contributed by atoms with Crippen LogP contribution in [0, 0.1) is 16.7 Å². The lowest BCUT2D eigenvalue weighted by molar-refractivity contribution is -0.910. The molecule has 2 aliphatic carbocycles. The fourth-order valence-corrected chi connectivity index (χ4v) is 4.76. The summed E-state index contributed by atoms with van der Waals surface area (Å²) >= 11 is 0. The van der Waals surface area contributed by atoms with E-state index < -0.39 is 0 Å². The van der Waals surface area contributed by atoms with Gasteiger partial charge in [-0.15, -0.1) is 0 Å². The number of ether oxygens (including phenoxy) is 2. The highest BCUT2D eigenvalue weighted by molar-refractivity contribution is 5.71. The lowest BCUT2D eigenvalue weighted by Gasteiger charge is -2.40. The number of fused-ring (bicyclic) bond motifs is 2. The standard InChI is InChI=1S/C17H30NO3/c1-16(2)13-5-6-17(16,3)14(11-13)21-15(19)12-18(4)7-9-20-10-8-18/h13-14H,5-12H2,1-4H3/q+1/t13-,14+,17-/m1/s1. The molecule has 0 N–H and O–H groups in total. The van der Waals surface area contributed by atoms with E-state index >= 15 is 0 Å². The fourth-order valence-electron chi connectivity index (χ4n) is 4.76. The Morgan fingerprint density at radius 2 is 1.95 bits per heavy atom. The Morgan fingerprint density at radius 3 is 2.48 bits per heavy atom. The number of quaternary nitrogens is 1. The van der Waals surface area contributed by atoms with Crippen LogP contribution in [0.1, 0.15) is 40.0 Å². The molecule has 3 aliphatic rings. The molecule has 1 aliphatic heterocycles. The summed E-state index contributed by atoms with van der Waals surface area (Å²) in [7, 11) is 2.14. The molecule has 2 saturated carbocycles. The minimum atomic E-state index is -0.0195. The molecule has 2 bridgehead atoms. The molecule has 3 fully saturated rings. The van der Waals surface area contributed by atoms with Crippen molar-refractivity contribution < 1.29 is 18.8 Å². The van der Waals surface area contributed by atoms with Crippen LogP contribution in [0.3, 0.4) is 0 Å². The van der Waals surface area contributed by atoms with Gasteiger partial charge in [-0.25, -0.2) is 4.79 Å². The molecular formula is C17H30NO3+. The maximum Gasteiger partial charge on any atom is 0.362 e. The highest BCUT2D eigenvalue weighted by atomic mass is 16.5. The van der Waals surface area contributed by atoms with E-state index in [0.29, 0.717) is 17.9 Å². The molecule has 1 heterocycles. The minimum Gasteiger partial charge on any atom is -0.458 e. The predicted octanol–water partition coefficient (Wildman–Crippen LogP) is 2.22. The average molecular weight is 296 g/mol. The quantitative estimate of drug-likeness (QED) is 0.592. The number of hydrogen-bond donors (Lipinski definition) is 0. The third kappa shape index (κ3) is 2.40. The molecule has 3 atom stereocenters. The molecule has 1 saturated heterocycles. The van der Waals surface area contributed by atoms with Crippen molar-refractivity contribution in [3.05, 3.63) is 0 Å². The van der Waals surface area contributed by atoms with E-state index in [-0.39, 0.29) is 17.5 Å². The number of likely N-dealkylation sites (N-methyl/N-ethyl adjacent to an activating group) is 1. The maximum atomic E-state index is 12.4. The van der Waals surface area contributed by atoms with Crippen LogP contribution in [0.25, 0.3) is 0 Å². The van der Waals surface area contributed by atoms with Gasteiger partial charge in [0.15, 0.2) is 6.54 Å². The number of esters is 1. The van der Waals surface area contributed by atoms with E-state index in [1.54, 1.807) is 0 Å². The van der Waals surface area contributed by atoms with Crippen molar-refractivity contribution in [2.45, 2.75) is 46.1 Å². The second-order valence-corrected chi connectivity index (χ2v) is 8.43. The third-order valence-electron chi connectivity index (χ3n) is 7.05. The Morgan fingerprint density at radius 1 is 1.29 bits per heavy atom. The second kappa shape index (κ2) is 4.95. The number of morpholine rings is 1. The fraction of sp³-hybridized carbons (Fsp3) is 0.941. The molecule has 0 amide bonds. The van der Waals surface area contributed by atoms with Gasteiger partial charge in [-0.1, -0.05) is 20.8 Å². The summed E-state index contributed by atoms with van der Waals surface area (Å²) < 4.78 is 12.1. The van der Waals surface area contributed by atoms with Crippen molar-refractivity contribution in [3.63, 3.8) is 0 Å². The Balaban J connectivity index is 1.61. The van der Waals surface area contributed by atoms with Crippen LogP contribution >= 0.6 is 0 Å². The zero-order valence-corrected chi connectivity index (χ0v) is 14.0. The van der Waals surface area contributed by atoms with Crippen molar-refractivity contribution in [1.29, 1.82) is 0 Å². The van der Waals surface area contributed by atoms with Crippen molar-refractivity contribution in [3.8, 4) is 0 Å². The lowest BCUT2D eigenvalue weighted by Crippen LogP contribution is -2.55. The van der Waals surface area contributed by atoms with Crippen molar-refractivity contribution in [2.75, 3.05) is 39.9 Å². The molecule has 3 rings (SSSR count). The van der Waals surface area contributed by atoms with Crippen LogP contribution in [0.2, 0.25) is 0 Å². The number of rotatable bonds is 3. The largest absolute Gasteiger partial charge is 0.458 e. The number of nitrogens with zero attached hydrogens (tertiary/aromatic N) is 1. The van der Waals surface area contributed by atoms with Crippen LogP contribution in [0.5, 0.6) is 0 Å². The van der Waals surface area contributed by atoms with E-state index in [9.17, 15) is 4.79 Å². The normalized spacial score (nSPS) is 40.2. The monoisotopic (exact) mass is 296 g/mol. The van der Waals surface area contributed by atoms with Gasteiger partial charge >= 0.3 is 5.97 Å².